The number of phenolic OH excluding ortho intramolecular Hbond substituents is 1. The molecule has 2 bridgehead atoms. The highest BCUT2D eigenvalue weighted by Gasteiger charge is 2.51. The van der Waals surface area contributed by atoms with Gasteiger partial charge in [-0.25, -0.2) is 4.79 Å². The first-order valence-electron chi connectivity index (χ1n) is 6.08. The summed E-state index contributed by atoms with van der Waals surface area (Å²) in [4.78, 5) is 24.9. The molecule has 1 aromatic carbocycles. The summed E-state index contributed by atoms with van der Waals surface area (Å²) < 4.78 is 34.9. The molecule has 2 atom stereocenters. The quantitative estimate of drug-likeness (QED) is 0.629. The van der Waals surface area contributed by atoms with Crippen LogP contribution in [0.15, 0.2) is 18.2 Å². The van der Waals surface area contributed by atoms with Gasteiger partial charge in [0, 0.05) is 0 Å². The average molecular weight is 329 g/mol. The Morgan fingerprint density at radius 1 is 1.36 bits per heavy atom. The first-order valence-corrected chi connectivity index (χ1v) is 7.44. The Morgan fingerprint density at radius 3 is 2.64 bits per heavy atom. The number of amides is 3. The van der Waals surface area contributed by atoms with Gasteiger partial charge >= 0.3 is 16.4 Å². The van der Waals surface area contributed by atoms with E-state index in [2.05, 4.69) is 4.28 Å². The molecule has 3 amide bonds. The molecule has 118 valence electrons. The Kier molecular flexibility index (Phi) is 3.02. The van der Waals surface area contributed by atoms with Crippen LogP contribution in [0.1, 0.15) is 23.2 Å². The Balaban J connectivity index is 2.14. The normalized spacial score (nSPS) is 23.6. The van der Waals surface area contributed by atoms with Gasteiger partial charge in [-0.05, 0) is 23.3 Å². The molecule has 1 fully saturated rings. The second-order valence-electron chi connectivity index (χ2n) is 4.90. The van der Waals surface area contributed by atoms with Crippen molar-refractivity contribution in [2.45, 2.75) is 12.1 Å². The van der Waals surface area contributed by atoms with Crippen LogP contribution in [-0.4, -0.2) is 46.5 Å². The maximum Gasteiger partial charge on any atom is 0.418 e. The average Bonchev–Trinajstić information content (AvgIpc) is 2.65. The van der Waals surface area contributed by atoms with E-state index in [-0.39, 0.29) is 12.3 Å². The number of urea groups is 1. The smallest absolute Gasteiger partial charge is 0.418 e. The molecule has 0 saturated carbocycles. The molecule has 4 N–H and O–H groups in total. The topological polar surface area (TPSA) is 150 Å². The summed E-state index contributed by atoms with van der Waals surface area (Å²) in [5.74, 6) is -0.950. The zero-order valence-corrected chi connectivity index (χ0v) is 11.7. The van der Waals surface area contributed by atoms with E-state index in [1.54, 1.807) is 0 Å². The van der Waals surface area contributed by atoms with Crippen LogP contribution in [0.3, 0.4) is 0 Å². The fourth-order valence-electron chi connectivity index (χ4n) is 2.80. The number of aromatic hydroxyl groups is 1. The van der Waals surface area contributed by atoms with Gasteiger partial charge in [-0.1, -0.05) is 6.07 Å². The minimum Gasteiger partial charge on any atom is -0.508 e. The van der Waals surface area contributed by atoms with Crippen LogP contribution in [0, 0.1) is 0 Å². The second kappa shape index (κ2) is 4.56. The van der Waals surface area contributed by atoms with Crippen molar-refractivity contribution < 1.29 is 31.9 Å². The summed E-state index contributed by atoms with van der Waals surface area (Å²) in [5.41, 5.74) is 5.99. The summed E-state index contributed by atoms with van der Waals surface area (Å²) in [6, 6.07) is 1.07. The lowest BCUT2D eigenvalue weighted by Crippen LogP contribution is -2.41. The largest absolute Gasteiger partial charge is 0.508 e. The maximum atomic E-state index is 12.2. The minimum atomic E-state index is -4.93. The lowest BCUT2D eigenvalue weighted by Gasteiger charge is -2.30. The number of primary amides is 1. The van der Waals surface area contributed by atoms with Crippen LogP contribution < -0.4 is 5.73 Å². The molecule has 1 aromatic rings. The molecular weight excluding hydrogens is 318 g/mol. The highest BCUT2D eigenvalue weighted by atomic mass is 32.3. The van der Waals surface area contributed by atoms with E-state index in [1.807, 2.05) is 0 Å². The molecule has 0 aromatic heterocycles. The molecule has 1 saturated heterocycles. The van der Waals surface area contributed by atoms with Gasteiger partial charge in [0.2, 0.25) is 5.91 Å². The fraction of sp³-hybridized carbons (Fsp3) is 0.273. The van der Waals surface area contributed by atoms with Gasteiger partial charge in [-0.2, -0.15) is 13.5 Å². The van der Waals surface area contributed by atoms with Crippen LogP contribution in [0.25, 0.3) is 0 Å². The lowest BCUT2D eigenvalue weighted by atomic mass is 9.90. The summed E-state index contributed by atoms with van der Waals surface area (Å²) in [6.07, 6.45) is 0. The number of nitrogens with zero attached hydrogens (tertiary/aromatic N) is 2. The van der Waals surface area contributed by atoms with Crippen LogP contribution in [0.4, 0.5) is 4.79 Å². The number of carbonyl (C=O) groups is 2. The van der Waals surface area contributed by atoms with E-state index in [4.69, 9.17) is 10.3 Å². The van der Waals surface area contributed by atoms with E-state index in [1.165, 1.54) is 18.2 Å². The number of rotatable bonds is 3. The van der Waals surface area contributed by atoms with E-state index in [0.717, 1.165) is 4.90 Å². The predicted octanol–water partition coefficient (Wildman–Crippen LogP) is -0.555. The second-order valence-corrected chi connectivity index (χ2v) is 5.90. The standard InChI is InChI=1S/C11H11N3O7S/c12-10(16)9-6-2-1-5(15)3-7(6)8-4-13(9)11(17)14(8)21-22(18,19)20/h1-3,8-9,15H,4H2,(H2,12,16)(H,18,19,20). The molecule has 2 unspecified atom stereocenters. The minimum absolute atomic E-state index is 0.0710. The van der Waals surface area contributed by atoms with Gasteiger partial charge in [0.15, 0.2) is 0 Å². The summed E-state index contributed by atoms with van der Waals surface area (Å²) in [6.45, 7) is -0.0710. The highest BCUT2D eigenvalue weighted by Crippen LogP contribution is 2.44. The van der Waals surface area contributed by atoms with E-state index in [9.17, 15) is 23.1 Å². The number of hydroxylamine groups is 2. The Morgan fingerprint density at radius 2 is 2.05 bits per heavy atom. The lowest BCUT2D eigenvalue weighted by molar-refractivity contribution is -0.122. The SMILES string of the molecule is NC(=O)C1c2ccc(O)cc2C2CN1C(=O)N2OS(=O)(=O)O. The molecule has 0 radical (unpaired) electrons. The molecule has 2 heterocycles. The van der Waals surface area contributed by atoms with E-state index in [0.29, 0.717) is 16.2 Å². The highest BCUT2D eigenvalue weighted by molar-refractivity contribution is 7.80. The van der Waals surface area contributed by atoms with Crippen LogP contribution >= 0.6 is 0 Å². The van der Waals surface area contributed by atoms with Gasteiger partial charge in [-0.3, -0.25) is 9.35 Å². The first-order chi connectivity index (χ1) is 10.2. The van der Waals surface area contributed by atoms with Crippen LogP contribution in [-0.2, 0) is 19.5 Å². The number of fused-ring (bicyclic) bond motifs is 4. The molecule has 2 aliphatic rings. The molecule has 0 aliphatic carbocycles. The number of benzene rings is 1. The van der Waals surface area contributed by atoms with E-state index >= 15 is 0 Å². The number of phenols is 1. The van der Waals surface area contributed by atoms with Crippen molar-refractivity contribution in [3.63, 3.8) is 0 Å². The van der Waals surface area contributed by atoms with Crippen molar-refractivity contribution in [3.8, 4) is 5.75 Å². The van der Waals surface area contributed by atoms with E-state index < -0.39 is 34.4 Å². The molecular formula is C11H11N3O7S. The number of nitrogens with two attached hydrogens (primary N) is 1. The molecule has 0 spiro atoms. The van der Waals surface area contributed by atoms with Crippen molar-refractivity contribution >= 4 is 22.3 Å². The number of hydrogen-bond acceptors (Lipinski definition) is 6. The molecule has 3 rings (SSSR count). The van der Waals surface area contributed by atoms with Crippen molar-refractivity contribution in [1.82, 2.24) is 9.96 Å². The Bertz CT molecular complexity index is 778. The molecule has 11 heteroatoms. The third-order valence-electron chi connectivity index (χ3n) is 3.57. The summed E-state index contributed by atoms with van der Waals surface area (Å²) >= 11 is 0. The molecule has 22 heavy (non-hydrogen) atoms. The number of carbonyl (C=O) groups excluding carboxylic acids is 2. The van der Waals surface area contributed by atoms with Crippen molar-refractivity contribution in [2.24, 2.45) is 5.73 Å². The Labute approximate surface area is 124 Å². The monoisotopic (exact) mass is 329 g/mol. The third kappa shape index (κ3) is 2.15. The third-order valence-corrected chi connectivity index (χ3v) is 3.92. The van der Waals surface area contributed by atoms with Crippen molar-refractivity contribution in [2.75, 3.05) is 6.54 Å². The van der Waals surface area contributed by atoms with Gasteiger partial charge in [0.05, 0.1) is 6.54 Å². The van der Waals surface area contributed by atoms with Crippen molar-refractivity contribution in [1.29, 1.82) is 0 Å². The fourth-order valence-corrected chi connectivity index (χ4v) is 3.17. The first kappa shape index (κ1) is 14.6. The van der Waals surface area contributed by atoms with Gasteiger partial charge < -0.3 is 15.7 Å². The van der Waals surface area contributed by atoms with Gasteiger partial charge in [0.1, 0.15) is 17.8 Å². The maximum absolute atomic E-state index is 12.2. The summed E-state index contributed by atoms with van der Waals surface area (Å²) in [5, 5.41) is 10.0. The molecule has 2 aliphatic heterocycles. The van der Waals surface area contributed by atoms with Gasteiger partial charge in [-0.15, -0.1) is 4.28 Å². The predicted molar refractivity (Wildman–Crippen MR) is 69.4 cm³/mol. The van der Waals surface area contributed by atoms with Crippen LogP contribution in [0.2, 0.25) is 0 Å². The Hall–Kier alpha value is -2.37. The zero-order chi connectivity index (χ0) is 16.2. The van der Waals surface area contributed by atoms with Crippen LogP contribution in [0.5, 0.6) is 5.75 Å². The van der Waals surface area contributed by atoms with Crippen molar-refractivity contribution in [3.05, 3.63) is 29.3 Å². The number of hydrogen-bond donors (Lipinski definition) is 3. The zero-order valence-electron chi connectivity index (χ0n) is 10.9. The summed E-state index contributed by atoms with van der Waals surface area (Å²) in [7, 11) is -4.93. The van der Waals surface area contributed by atoms with Gasteiger partial charge in [0.25, 0.3) is 0 Å². The molecule has 10 nitrogen and oxygen atoms in total.